The first kappa shape index (κ1) is 18.7. The minimum atomic E-state index is 0.0350. The molecule has 0 aliphatic carbocycles. The zero-order valence-corrected chi connectivity index (χ0v) is 16.3. The van der Waals surface area contributed by atoms with Crippen LogP contribution in [0.15, 0.2) is 73.1 Å². The summed E-state index contributed by atoms with van der Waals surface area (Å²) in [5.74, 6) is 0.856. The molecule has 5 nitrogen and oxygen atoms in total. The monoisotopic (exact) mass is 385 g/mol. The maximum absolute atomic E-state index is 12.4. The number of hydrogen-bond donors (Lipinski definition) is 2. The van der Waals surface area contributed by atoms with Crippen LogP contribution in [0, 0.1) is 0 Å². The van der Waals surface area contributed by atoms with Crippen LogP contribution in [0.2, 0.25) is 0 Å². The molecule has 2 aromatic heterocycles. The SMILES string of the molecule is COc1ccc(-c2[nH]c3ccccc3c2CCC(=O)NCc2ccncc2)cc1. The Morgan fingerprint density at radius 2 is 1.79 bits per heavy atom. The average molecular weight is 385 g/mol. The van der Waals surface area contributed by atoms with Crippen molar-refractivity contribution in [3.8, 4) is 17.0 Å². The summed E-state index contributed by atoms with van der Waals surface area (Å²) < 4.78 is 5.27. The highest BCUT2D eigenvalue weighted by Gasteiger charge is 2.14. The maximum Gasteiger partial charge on any atom is 0.220 e. The number of pyridine rings is 1. The number of rotatable bonds is 7. The van der Waals surface area contributed by atoms with E-state index in [1.807, 2.05) is 48.5 Å². The molecule has 0 fully saturated rings. The fourth-order valence-corrected chi connectivity index (χ4v) is 3.49. The fraction of sp³-hybridized carbons (Fsp3) is 0.167. The first-order valence-electron chi connectivity index (χ1n) is 9.64. The smallest absolute Gasteiger partial charge is 0.220 e. The van der Waals surface area contributed by atoms with Gasteiger partial charge in [-0.1, -0.05) is 18.2 Å². The van der Waals surface area contributed by atoms with Gasteiger partial charge in [-0.2, -0.15) is 0 Å². The van der Waals surface area contributed by atoms with E-state index in [4.69, 9.17) is 4.74 Å². The van der Waals surface area contributed by atoms with Crippen molar-refractivity contribution in [3.63, 3.8) is 0 Å². The van der Waals surface area contributed by atoms with Crippen molar-refractivity contribution >= 4 is 16.8 Å². The molecule has 5 heteroatoms. The van der Waals surface area contributed by atoms with Gasteiger partial charge in [-0.3, -0.25) is 9.78 Å². The van der Waals surface area contributed by atoms with Gasteiger partial charge in [-0.25, -0.2) is 0 Å². The number of carbonyl (C=O) groups excluding carboxylic acids is 1. The zero-order valence-electron chi connectivity index (χ0n) is 16.3. The number of para-hydroxylation sites is 1. The molecule has 0 aliphatic heterocycles. The number of aromatic amines is 1. The van der Waals surface area contributed by atoms with Crippen molar-refractivity contribution in [2.24, 2.45) is 0 Å². The lowest BCUT2D eigenvalue weighted by Crippen LogP contribution is -2.23. The van der Waals surface area contributed by atoms with Crippen LogP contribution in [0.4, 0.5) is 0 Å². The van der Waals surface area contributed by atoms with Crippen molar-refractivity contribution in [2.75, 3.05) is 7.11 Å². The minimum absolute atomic E-state index is 0.0350. The summed E-state index contributed by atoms with van der Waals surface area (Å²) >= 11 is 0. The third kappa shape index (κ3) is 4.29. The molecule has 0 atom stereocenters. The molecule has 0 spiro atoms. The highest BCUT2D eigenvalue weighted by atomic mass is 16.5. The second-order valence-electron chi connectivity index (χ2n) is 6.88. The van der Waals surface area contributed by atoms with Crippen molar-refractivity contribution < 1.29 is 9.53 Å². The number of hydrogen-bond acceptors (Lipinski definition) is 3. The average Bonchev–Trinajstić information content (AvgIpc) is 3.15. The number of nitrogens with zero attached hydrogens (tertiary/aromatic N) is 1. The van der Waals surface area contributed by atoms with E-state index in [2.05, 4.69) is 27.4 Å². The molecular weight excluding hydrogens is 362 g/mol. The number of aromatic nitrogens is 2. The minimum Gasteiger partial charge on any atom is -0.497 e. The van der Waals surface area contributed by atoms with Gasteiger partial charge in [0.25, 0.3) is 0 Å². The Morgan fingerprint density at radius 3 is 2.55 bits per heavy atom. The van der Waals surface area contributed by atoms with E-state index in [0.29, 0.717) is 19.4 Å². The molecule has 2 heterocycles. The molecular formula is C24H23N3O2. The molecule has 0 radical (unpaired) electrons. The lowest BCUT2D eigenvalue weighted by molar-refractivity contribution is -0.121. The Hall–Kier alpha value is -3.60. The second-order valence-corrected chi connectivity index (χ2v) is 6.88. The van der Waals surface area contributed by atoms with E-state index in [-0.39, 0.29) is 5.91 Å². The van der Waals surface area contributed by atoms with E-state index in [1.165, 1.54) is 0 Å². The number of ether oxygens (including phenoxy) is 1. The summed E-state index contributed by atoms with van der Waals surface area (Å²) in [6.07, 6.45) is 4.55. The molecule has 4 rings (SSSR count). The Bertz CT molecular complexity index is 1100. The predicted octanol–water partition coefficient (Wildman–Crippen LogP) is 4.49. The normalized spacial score (nSPS) is 10.8. The number of H-pyrrole nitrogens is 1. The van der Waals surface area contributed by atoms with E-state index in [0.717, 1.165) is 39.0 Å². The molecule has 0 aliphatic rings. The largest absolute Gasteiger partial charge is 0.497 e. The molecule has 0 saturated carbocycles. The number of carbonyl (C=O) groups is 1. The number of benzene rings is 2. The van der Waals surface area contributed by atoms with Crippen LogP contribution in [-0.4, -0.2) is 23.0 Å². The lowest BCUT2D eigenvalue weighted by atomic mass is 10.0. The van der Waals surface area contributed by atoms with E-state index >= 15 is 0 Å². The van der Waals surface area contributed by atoms with Crippen molar-refractivity contribution in [1.82, 2.24) is 15.3 Å². The van der Waals surface area contributed by atoms with Gasteiger partial charge in [0, 0.05) is 42.0 Å². The highest BCUT2D eigenvalue weighted by Crippen LogP contribution is 2.32. The quantitative estimate of drug-likeness (QED) is 0.493. The number of nitrogens with one attached hydrogen (secondary N) is 2. The van der Waals surface area contributed by atoms with E-state index < -0.39 is 0 Å². The Kier molecular flexibility index (Phi) is 5.56. The molecule has 29 heavy (non-hydrogen) atoms. The van der Waals surface area contributed by atoms with Crippen LogP contribution in [0.3, 0.4) is 0 Å². The molecule has 0 unspecified atom stereocenters. The number of fused-ring (bicyclic) bond motifs is 1. The second kappa shape index (κ2) is 8.61. The summed E-state index contributed by atoms with van der Waals surface area (Å²) in [6.45, 7) is 0.514. The summed E-state index contributed by atoms with van der Waals surface area (Å²) in [7, 11) is 1.66. The Balaban J connectivity index is 1.53. The molecule has 2 aromatic carbocycles. The van der Waals surface area contributed by atoms with Gasteiger partial charge in [0.05, 0.1) is 7.11 Å². The zero-order chi connectivity index (χ0) is 20.1. The van der Waals surface area contributed by atoms with Gasteiger partial charge >= 0.3 is 0 Å². The molecule has 0 bridgehead atoms. The summed E-state index contributed by atoms with van der Waals surface area (Å²) in [5.41, 5.74) is 5.40. The van der Waals surface area contributed by atoms with Crippen LogP contribution in [0.5, 0.6) is 5.75 Å². The third-order valence-electron chi connectivity index (χ3n) is 5.03. The lowest BCUT2D eigenvalue weighted by Gasteiger charge is -2.08. The topological polar surface area (TPSA) is 67.0 Å². The van der Waals surface area contributed by atoms with Crippen molar-refractivity contribution in [3.05, 3.63) is 84.2 Å². The Morgan fingerprint density at radius 1 is 1.03 bits per heavy atom. The number of methoxy groups -OCH3 is 1. The molecule has 146 valence electrons. The first-order valence-corrected chi connectivity index (χ1v) is 9.64. The number of amides is 1. The summed E-state index contributed by atoms with van der Waals surface area (Å²) in [4.78, 5) is 19.9. The van der Waals surface area contributed by atoms with Crippen molar-refractivity contribution in [2.45, 2.75) is 19.4 Å². The van der Waals surface area contributed by atoms with Crippen LogP contribution >= 0.6 is 0 Å². The Labute approximate surface area is 169 Å². The highest BCUT2D eigenvalue weighted by molar-refractivity contribution is 5.91. The molecule has 1 amide bonds. The molecule has 0 saturated heterocycles. The van der Waals surface area contributed by atoms with E-state index in [1.54, 1.807) is 19.5 Å². The van der Waals surface area contributed by atoms with Crippen LogP contribution in [-0.2, 0) is 17.8 Å². The van der Waals surface area contributed by atoms with Crippen molar-refractivity contribution in [1.29, 1.82) is 0 Å². The van der Waals surface area contributed by atoms with E-state index in [9.17, 15) is 4.79 Å². The number of aryl methyl sites for hydroxylation is 1. The molecule has 4 aromatic rings. The first-order chi connectivity index (χ1) is 14.2. The van der Waals surface area contributed by atoms with Gasteiger partial charge < -0.3 is 15.0 Å². The predicted molar refractivity (Wildman–Crippen MR) is 115 cm³/mol. The van der Waals surface area contributed by atoms with Gasteiger partial charge in [0.1, 0.15) is 5.75 Å². The third-order valence-corrected chi connectivity index (χ3v) is 5.03. The van der Waals surface area contributed by atoms with Gasteiger partial charge in [-0.05, 0) is 65.6 Å². The van der Waals surface area contributed by atoms with Gasteiger partial charge in [0.2, 0.25) is 5.91 Å². The maximum atomic E-state index is 12.4. The van der Waals surface area contributed by atoms with Gasteiger partial charge in [-0.15, -0.1) is 0 Å². The summed E-state index contributed by atoms with van der Waals surface area (Å²) in [5, 5.41) is 4.14. The van der Waals surface area contributed by atoms with Crippen LogP contribution < -0.4 is 10.1 Å². The molecule has 2 N–H and O–H groups in total. The summed E-state index contributed by atoms with van der Waals surface area (Å²) in [6, 6.07) is 20.0. The fourth-order valence-electron chi connectivity index (χ4n) is 3.49. The standard InChI is InChI=1S/C24H23N3O2/c1-29-19-8-6-18(7-9-19)24-21(20-4-2-3-5-22(20)27-24)10-11-23(28)26-16-17-12-14-25-15-13-17/h2-9,12-15,27H,10-11,16H2,1H3,(H,26,28). The van der Waals surface area contributed by atoms with Crippen LogP contribution in [0.25, 0.3) is 22.2 Å². The van der Waals surface area contributed by atoms with Gasteiger partial charge in [0.15, 0.2) is 0 Å². The van der Waals surface area contributed by atoms with Crippen LogP contribution in [0.1, 0.15) is 17.5 Å².